The molecule has 0 saturated carbocycles. The summed E-state index contributed by atoms with van der Waals surface area (Å²) in [6.45, 7) is 10.5. The molecule has 0 radical (unpaired) electrons. The minimum absolute atomic E-state index is 0.0292. The van der Waals surface area contributed by atoms with Crippen LogP contribution in [0.15, 0.2) is 41.0 Å². The third-order valence-corrected chi connectivity index (χ3v) is 10.5. The van der Waals surface area contributed by atoms with E-state index in [0.29, 0.717) is 33.0 Å². The lowest BCUT2D eigenvalue weighted by atomic mass is 10.0. The van der Waals surface area contributed by atoms with Gasteiger partial charge in [-0.1, -0.05) is 11.6 Å². The third kappa shape index (κ3) is 7.88. The number of piperazine rings is 1. The molecule has 3 aromatic rings. The second-order valence-electron chi connectivity index (χ2n) is 12.1. The van der Waals surface area contributed by atoms with Crippen LogP contribution in [0.3, 0.4) is 0 Å². The van der Waals surface area contributed by atoms with E-state index < -0.39 is 13.8 Å². The van der Waals surface area contributed by atoms with E-state index in [2.05, 4.69) is 58.3 Å². The number of ether oxygens (including phenoxy) is 1. The molecule has 0 aliphatic carbocycles. The number of halogens is 3. The standard InChI is InChI=1S/C31H41BrF2N7O2P/c1-20-6-7-24(28(16-20)44(4,5)42)36-29-23(32)19-35-31(38-29)37-25-17-21(2)26(18-27(25)43-30(33)34)41-10-8-22(9-11-41)40-14-12-39(3)13-15-40/h6-7,16-19,22,30H,8-15H2,1-5H3,(H2,35,36,37,38). The molecule has 13 heteroatoms. The topological polar surface area (TPSA) is 85.9 Å². The zero-order chi connectivity index (χ0) is 31.6. The Balaban J connectivity index is 1.35. The molecular formula is C31H41BrF2N7O2P. The summed E-state index contributed by atoms with van der Waals surface area (Å²) >= 11 is 3.49. The lowest BCUT2D eigenvalue weighted by Gasteiger charge is -2.43. The smallest absolute Gasteiger partial charge is 0.387 e. The normalized spacial score (nSPS) is 17.2. The molecule has 3 heterocycles. The quantitative estimate of drug-likeness (QED) is 0.247. The van der Waals surface area contributed by atoms with Gasteiger partial charge >= 0.3 is 6.61 Å². The minimum atomic E-state index is -2.99. The van der Waals surface area contributed by atoms with Crippen molar-refractivity contribution < 1.29 is 18.1 Å². The monoisotopic (exact) mass is 691 g/mol. The second-order valence-corrected chi connectivity index (χ2v) is 16.1. The molecule has 2 aliphatic heterocycles. The number of aryl methyl sites for hydroxylation is 2. The number of nitrogens with one attached hydrogen (secondary N) is 2. The zero-order valence-corrected chi connectivity index (χ0v) is 28.4. The molecule has 9 nitrogen and oxygen atoms in total. The Bertz CT molecular complexity index is 1520. The van der Waals surface area contributed by atoms with Gasteiger partial charge in [0.25, 0.3) is 0 Å². The van der Waals surface area contributed by atoms with Crippen molar-refractivity contribution in [2.75, 3.05) is 75.2 Å². The number of aromatic nitrogens is 2. The van der Waals surface area contributed by atoms with Crippen LogP contribution in [-0.2, 0) is 4.57 Å². The van der Waals surface area contributed by atoms with Crippen LogP contribution in [0.2, 0.25) is 0 Å². The van der Waals surface area contributed by atoms with Gasteiger partial charge in [-0.15, -0.1) is 0 Å². The maximum absolute atomic E-state index is 13.6. The highest BCUT2D eigenvalue weighted by atomic mass is 79.9. The Morgan fingerprint density at radius 2 is 1.70 bits per heavy atom. The molecule has 0 spiro atoms. The molecule has 44 heavy (non-hydrogen) atoms. The van der Waals surface area contributed by atoms with Crippen molar-refractivity contribution in [3.8, 4) is 5.75 Å². The first kappa shape index (κ1) is 32.6. The van der Waals surface area contributed by atoms with E-state index in [9.17, 15) is 13.3 Å². The lowest BCUT2D eigenvalue weighted by molar-refractivity contribution is -0.0493. The molecule has 0 atom stereocenters. The van der Waals surface area contributed by atoms with Crippen molar-refractivity contribution in [1.29, 1.82) is 0 Å². The summed E-state index contributed by atoms with van der Waals surface area (Å²) < 4.78 is 45.7. The van der Waals surface area contributed by atoms with Crippen LogP contribution in [0.25, 0.3) is 0 Å². The fourth-order valence-corrected chi connectivity index (χ4v) is 7.44. The van der Waals surface area contributed by atoms with Crippen molar-refractivity contribution in [2.45, 2.75) is 39.3 Å². The number of benzene rings is 2. The first-order valence-corrected chi connectivity index (χ1v) is 18.3. The van der Waals surface area contributed by atoms with Crippen LogP contribution in [0.4, 0.5) is 37.6 Å². The zero-order valence-electron chi connectivity index (χ0n) is 25.9. The minimum Gasteiger partial charge on any atom is -0.433 e. The van der Waals surface area contributed by atoms with Gasteiger partial charge in [-0.2, -0.15) is 13.8 Å². The number of likely N-dealkylation sites (N-methyl/N-ethyl adjacent to an activating group) is 1. The Morgan fingerprint density at radius 1 is 1.00 bits per heavy atom. The van der Waals surface area contributed by atoms with E-state index in [1.54, 1.807) is 31.7 Å². The van der Waals surface area contributed by atoms with Crippen molar-refractivity contribution in [2.24, 2.45) is 0 Å². The van der Waals surface area contributed by atoms with Gasteiger partial charge in [0, 0.05) is 68.6 Å². The molecule has 238 valence electrons. The molecular weight excluding hydrogens is 651 g/mol. The Morgan fingerprint density at radius 3 is 2.36 bits per heavy atom. The van der Waals surface area contributed by atoms with E-state index in [1.165, 1.54) is 0 Å². The summed E-state index contributed by atoms with van der Waals surface area (Å²) in [6.07, 6.45) is 3.64. The van der Waals surface area contributed by atoms with Gasteiger partial charge in [-0.05, 0) is 86.8 Å². The SMILES string of the molecule is Cc1ccc(Nc2nc(Nc3cc(C)c(N4CCC(N5CCN(C)CC5)CC4)cc3OC(F)F)ncc2Br)c(P(C)(C)=O)c1. The summed E-state index contributed by atoms with van der Waals surface area (Å²) in [6, 6.07) is 9.76. The first-order valence-electron chi connectivity index (χ1n) is 14.9. The molecule has 2 fully saturated rings. The Kier molecular flexibility index (Phi) is 10.1. The van der Waals surface area contributed by atoms with Crippen LogP contribution in [0.5, 0.6) is 5.75 Å². The van der Waals surface area contributed by atoms with Gasteiger partial charge in [0.2, 0.25) is 5.95 Å². The van der Waals surface area contributed by atoms with Crippen molar-refractivity contribution in [1.82, 2.24) is 19.8 Å². The number of rotatable bonds is 9. The predicted molar refractivity (Wildman–Crippen MR) is 179 cm³/mol. The lowest BCUT2D eigenvalue weighted by Crippen LogP contribution is -2.52. The predicted octanol–water partition coefficient (Wildman–Crippen LogP) is 6.41. The summed E-state index contributed by atoms with van der Waals surface area (Å²) in [5, 5.41) is 7.06. The Hall–Kier alpha value is -2.79. The van der Waals surface area contributed by atoms with Gasteiger partial charge in [-0.3, -0.25) is 4.90 Å². The number of anilines is 5. The molecule has 5 rings (SSSR count). The van der Waals surface area contributed by atoms with Crippen molar-refractivity contribution >= 4 is 57.2 Å². The van der Waals surface area contributed by atoms with Gasteiger partial charge in [0.1, 0.15) is 13.0 Å². The summed E-state index contributed by atoms with van der Waals surface area (Å²) in [5.41, 5.74) is 3.84. The summed E-state index contributed by atoms with van der Waals surface area (Å²) in [4.78, 5) is 16.2. The molecule has 2 saturated heterocycles. The number of nitrogens with zero attached hydrogens (tertiary/aromatic N) is 5. The molecule has 0 amide bonds. The number of hydrogen-bond acceptors (Lipinski definition) is 9. The highest BCUT2D eigenvalue weighted by Gasteiger charge is 2.28. The molecule has 2 aliphatic rings. The molecule has 1 aromatic heterocycles. The molecule has 2 aromatic carbocycles. The third-order valence-electron chi connectivity index (χ3n) is 8.35. The van der Waals surface area contributed by atoms with Crippen LogP contribution in [0.1, 0.15) is 24.0 Å². The van der Waals surface area contributed by atoms with E-state index >= 15 is 0 Å². The number of alkyl halides is 2. The molecule has 2 N–H and O–H groups in total. The summed E-state index contributed by atoms with van der Waals surface area (Å²) in [7, 11) is -0.425. The second kappa shape index (κ2) is 13.7. The largest absolute Gasteiger partial charge is 0.433 e. The Labute approximate surface area is 266 Å². The number of hydrogen-bond donors (Lipinski definition) is 2. The van der Waals surface area contributed by atoms with E-state index in [-0.39, 0.29) is 11.7 Å². The highest BCUT2D eigenvalue weighted by Crippen LogP contribution is 2.40. The molecule has 0 bridgehead atoms. The average molecular weight is 693 g/mol. The van der Waals surface area contributed by atoms with Crippen molar-refractivity contribution in [3.05, 3.63) is 52.1 Å². The maximum Gasteiger partial charge on any atom is 0.387 e. The fraction of sp³-hybridized carbons (Fsp3) is 0.484. The van der Waals surface area contributed by atoms with Crippen LogP contribution in [-0.4, -0.2) is 92.1 Å². The van der Waals surface area contributed by atoms with Crippen molar-refractivity contribution in [3.63, 3.8) is 0 Å². The van der Waals surface area contributed by atoms with Crippen LogP contribution < -0.4 is 25.6 Å². The number of piperidine rings is 1. The van der Waals surface area contributed by atoms with Crippen LogP contribution in [0, 0.1) is 13.8 Å². The average Bonchev–Trinajstić information content (AvgIpc) is 2.97. The van der Waals surface area contributed by atoms with Gasteiger partial charge in [0.05, 0.1) is 15.8 Å². The molecule has 0 unspecified atom stereocenters. The van der Waals surface area contributed by atoms with Gasteiger partial charge in [0.15, 0.2) is 5.75 Å². The van der Waals surface area contributed by atoms with Crippen LogP contribution >= 0.6 is 23.1 Å². The maximum atomic E-state index is 13.6. The fourth-order valence-electron chi connectivity index (χ4n) is 5.92. The van der Waals surface area contributed by atoms with Gasteiger partial charge < -0.3 is 29.7 Å². The summed E-state index contributed by atoms with van der Waals surface area (Å²) in [5.74, 6) is 0.662. The van der Waals surface area contributed by atoms with Gasteiger partial charge in [-0.25, -0.2) is 4.98 Å². The van der Waals surface area contributed by atoms with E-state index in [0.717, 1.165) is 68.9 Å². The van der Waals surface area contributed by atoms with E-state index in [4.69, 9.17) is 4.74 Å². The highest BCUT2D eigenvalue weighted by molar-refractivity contribution is 9.10. The first-order chi connectivity index (χ1) is 20.9. The van der Waals surface area contributed by atoms with E-state index in [1.807, 2.05) is 32.0 Å².